The Morgan fingerprint density at radius 1 is 1.29 bits per heavy atom. The van der Waals surface area contributed by atoms with Crippen molar-refractivity contribution < 1.29 is 0 Å². The minimum atomic E-state index is 0.477. The van der Waals surface area contributed by atoms with Crippen molar-refractivity contribution in [3.05, 3.63) is 0 Å². The number of thiocarbonyl (C=S) groups is 1. The molecule has 1 aliphatic rings. The van der Waals surface area contributed by atoms with Gasteiger partial charge in [0.25, 0.3) is 0 Å². The molecule has 0 spiro atoms. The first-order valence-electron chi connectivity index (χ1n) is 6.76. The van der Waals surface area contributed by atoms with Gasteiger partial charge in [0.2, 0.25) is 0 Å². The predicted molar refractivity (Wildman–Crippen MR) is 78.3 cm³/mol. The fourth-order valence-corrected chi connectivity index (χ4v) is 2.42. The van der Waals surface area contributed by atoms with Crippen molar-refractivity contribution in [1.82, 2.24) is 10.7 Å². The maximum absolute atomic E-state index is 5.26. The van der Waals surface area contributed by atoms with Crippen LogP contribution in [0.15, 0.2) is 5.10 Å². The summed E-state index contributed by atoms with van der Waals surface area (Å²) in [5.74, 6) is 0.477. The summed E-state index contributed by atoms with van der Waals surface area (Å²) in [5.41, 5.74) is 4.14. The number of rotatable bonds is 4. The highest BCUT2D eigenvalue weighted by Crippen LogP contribution is 2.17. The van der Waals surface area contributed by atoms with E-state index in [4.69, 9.17) is 12.2 Å². The number of hydrazone groups is 1. The van der Waals surface area contributed by atoms with Crippen LogP contribution < -0.4 is 10.7 Å². The van der Waals surface area contributed by atoms with E-state index in [0.29, 0.717) is 17.1 Å². The second-order valence-electron chi connectivity index (χ2n) is 5.03. The number of hydrogen-bond acceptors (Lipinski definition) is 2. The van der Waals surface area contributed by atoms with Crippen LogP contribution in [-0.4, -0.2) is 16.9 Å². The van der Waals surface area contributed by atoms with Gasteiger partial charge in [-0.1, -0.05) is 40.0 Å². The molecule has 4 heteroatoms. The summed E-state index contributed by atoms with van der Waals surface area (Å²) in [6.07, 6.45) is 7.43. The SMILES string of the molecule is CC/C(=N/NC(=S)NC1CCCCC1)C(C)C. The van der Waals surface area contributed by atoms with Gasteiger partial charge in [0.15, 0.2) is 5.11 Å². The Labute approximate surface area is 110 Å². The van der Waals surface area contributed by atoms with Crippen molar-refractivity contribution in [1.29, 1.82) is 0 Å². The predicted octanol–water partition coefficient (Wildman–Crippen LogP) is 3.21. The average Bonchev–Trinajstić information content (AvgIpc) is 2.30. The van der Waals surface area contributed by atoms with Gasteiger partial charge in [-0.25, -0.2) is 0 Å². The normalized spacial score (nSPS) is 18.2. The maximum Gasteiger partial charge on any atom is 0.187 e. The Balaban J connectivity index is 2.33. The smallest absolute Gasteiger partial charge is 0.187 e. The first kappa shape index (κ1) is 14.4. The van der Waals surface area contributed by atoms with Crippen LogP contribution in [0.4, 0.5) is 0 Å². The highest BCUT2D eigenvalue weighted by atomic mass is 32.1. The largest absolute Gasteiger partial charge is 0.359 e. The van der Waals surface area contributed by atoms with E-state index in [-0.39, 0.29) is 0 Å². The van der Waals surface area contributed by atoms with Gasteiger partial charge in [-0.3, -0.25) is 5.43 Å². The van der Waals surface area contributed by atoms with Gasteiger partial charge in [0.05, 0.1) is 0 Å². The molecular weight excluding hydrogens is 230 g/mol. The molecule has 1 fully saturated rings. The van der Waals surface area contributed by atoms with E-state index in [1.54, 1.807) is 0 Å². The summed E-state index contributed by atoms with van der Waals surface area (Å²) in [4.78, 5) is 0. The lowest BCUT2D eigenvalue weighted by atomic mass is 9.96. The summed E-state index contributed by atoms with van der Waals surface area (Å²) >= 11 is 5.26. The summed E-state index contributed by atoms with van der Waals surface area (Å²) in [6.45, 7) is 6.43. The molecule has 0 saturated heterocycles. The molecule has 0 amide bonds. The summed E-state index contributed by atoms with van der Waals surface area (Å²) < 4.78 is 0. The van der Waals surface area contributed by atoms with Gasteiger partial charge < -0.3 is 5.32 Å². The molecule has 98 valence electrons. The van der Waals surface area contributed by atoms with E-state index in [1.165, 1.54) is 32.1 Å². The molecule has 0 radical (unpaired) electrons. The lowest BCUT2D eigenvalue weighted by Crippen LogP contribution is -2.41. The van der Waals surface area contributed by atoms with E-state index in [0.717, 1.165) is 12.1 Å². The molecule has 3 nitrogen and oxygen atoms in total. The summed E-state index contributed by atoms with van der Waals surface area (Å²) in [7, 11) is 0. The van der Waals surface area contributed by atoms with Gasteiger partial charge in [-0.05, 0) is 37.4 Å². The fraction of sp³-hybridized carbons (Fsp3) is 0.846. The molecule has 0 aromatic rings. The lowest BCUT2D eigenvalue weighted by Gasteiger charge is -2.23. The lowest BCUT2D eigenvalue weighted by molar-refractivity contribution is 0.412. The van der Waals surface area contributed by atoms with Crippen LogP contribution >= 0.6 is 12.2 Å². The average molecular weight is 255 g/mol. The molecule has 1 rings (SSSR count). The van der Waals surface area contributed by atoms with Gasteiger partial charge in [-0.2, -0.15) is 5.10 Å². The molecular formula is C13H25N3S. The first-order chi connectivity index (χ1) is 8.13. The van der Waals surface area contributed by atoms with Crippen LogP contribution in [0.3, 0.4) is 0 Å². The molecule has 0 atom stereocenters. The van der Waals surface area contributed by atoms with Gasteiger partial charge in [0, 0.05) is 11.8 Å². The topological polar surface area (TPSA) is 36.4 Å². The van der Waals surface area contributed by atoms with Crippen LogP contribution in [0, 0.1) is 5.92 Å². The number of nitrogens with one attached hydrogen (secondary N) is 2. The standard InChI is InChI=1S/C13H25N3S/c1-4-12(10(2)3)15-16-13(17)14-11-8-6-5-7-9-11/h10-11H,4-9H2,1-3H3,(H2,14,16,17)/b15-12-. The second-order valence-corrected chi connectivity index (χ2v) is 5.44. The molecule has 2 N–H and O–H groups in total. The van der Waals surface area contributed by atoms with Gasteiger partial charge in [-0.15, -0.1) is 0 Å². The molecule has 17 heavy (non-hydrogen) atoms. The van der Waals surface area contributed by atoms with Gasteiger partial charge >= 0.3 is 0 Å². The Hall–Kier alpha value is -0.640. The van der Waals surface area contributed by atoms with Crippen molar-refractivity contribution in [2.45, 2.75) is 65.3 Å². The third kappa shape index (κ3) is 5.48. The van der Waals surface area contributed by atoms with E-state index >= 15 is 0 Å². The molecule has 0 aliphatic heterocycles. The fourth-order valence-electron chi connectivity index (χ4n) is 2.20. The molecule has 1 saturated carbocycles. The molecule has 0 aromatic carbocycles. The number of hydrogen-bond donors (Lipinski definition) is 2. The van der Waals surface area contributed by atoms with Crippen molar-refractivity contribution >= 4 is 23.0 Å². The van der Waals surface area contributed by atoms with E-state index in [2.05, 4.69) is 36.6 Å². The zero-order chi connectivity index (χ0) is 12.7. The first-order valence-corrected chi connectivity index (χ1v) is 7.17. The Bertz CT molecular complexity index is 268. The van der Waals surface area contributed by atoms with E-state index in [9.17, 15) is 0 Å². The minimum absolute atomic E-state index is 0.477. The van der Waals surface area contributed by atoms with Crippen LogP contribution in [0.1, 0.15) is 59.3 Å². The Morgan fingerprint density at radius 2 is 1.94 bits per heavy atom. The third-order valence-electron chi connectivity index (χ3n) is 3.27. The summed E-state index contributed by atoms with van der Waals surface area (Å²) in [5, 5.41) is 8.39. The van der Waals surface area contributed by atoms with Crippen molar-refractivity contribution in [3.8, 4) is 0 Å². The maximum atomic E-state index is 5.26. The molecule has 0 aromatic heterocycles. The zero-order valence-electron chi connectivity index (χ0n) is 11.3. The van der Waals surface area contributed by atoms with E-state index < -0.39 is 0 Å². The molecule has 0 bridgehead atoms. The molecule has 1 aliphatic carbocycles. The van der Waals surface area contributed by atoms with Gasteiger partial charge in [0.1, 0.15) is 0 Å². The highest BCUT2D eigenvalue weighted by Gasteiger charge is 2.13. The monoisotopic (exact) mass is 255 g/mol. The summed E-state index contributed by atoms with van der Waals surface area (Å²) in [6, 6.07) is 0.545. The Morgan fingerprint density at radius 3 is 2.47 bits per heavy atom. The van der Waals surface area contributed by atoms with E-state index in [1.807, 2.05) is 0 Å². The van der Waals surface area contributed by atoms with Crippen molar-refractivity contribution in [2.24, 2.45) is 11.0 Å². The quantitative estimate of drug-likeness (QED) is 0.460. The molecule has 0 heterocycles. The highest BCUT2D eigenvalue weighted by molar-refractivity contribution is 7.80. The zero-order valence-corrected chi connectivity index (χ0v) is 12.1. The van der Waals surface area contributed by atoms with Crippen LogP contribution in [0.2, 0.25) is 0 Å². The number of nitrogens with zero attached hydrogens (tertiary/aromatic N) is 1. The second kappa shape index (κ2) is 7.64. The molecule has 0 unspecified atom stereocenters. The van der Waals surface area contributed by atoms with Crippen LogP contribution in [0.5, 0.6) is 0 Å². The Kier molecular flexibility index (Phi) is 6.48. The van der Waals surface area contributed by atoms with Crippen molar-refractivity contribution in [3.63, 3.8) is 0 Å². The third-order valence-corrected chi connectivity index (χ3v) is 3.48. The van der Waals surface area contributed by atoms with Crippen molar-refractivity contribution in [2.75, 3.05) is 0 Å². The van der Waals surface area contributed by atoms with Crippen LogP contribution in [-0.2, 0) is 0 Å². The van der Waals surface area contributed by atoms with Crippen LogP contribution in [0.25, 0.3) is 0 Å². The minimum Gasteiger partial charge on any atom is -0.359 e.